The summed E-state index contributed by atoms with van der Waals surface area (Å²) in [6.45, 7) is 1.78. The van der Waals surface area contributed by atoms with Gasteiger partial charge >= 0.3 is 0 Å². The molecule has 3 saturated heterocycles. The molecule has 16 atom stereocenters. The highest BCUT2D eigenvalue weighted by atomic mass is 16.7. The van der Waals surface area contributed by atoms with E-state index in [2.05, 4.69) is 22.9 Å². The van der Waals surface area contributed by atoms with Crippen molar-refractivity contribution in [2.45, 2.75) is 227 Å². The fraction of sp³-hybridized carbons (Fsp3) is 0.907. The number of hydrogen-bond acceptors (Lipinski definition) is 18. The van der Waals surface area contributed by atoms with E-state index in [0.29, 0.717) is 6.42 Å². The summed E-state index contributed by atoms with van der Waals surface area (Å²) in [6.07, 6.45) is -6.30. The van der Waals surface area contributed by atoms with Crippen molar-refractivity contribution in [2.24, 2.45) is 5.73 Å². The summed E-state index contributed by atoms with van der Waals surface area (Å²) in [7, 11) is 0. The topological polar surface area (TPSA) is 359 Å². The number of nitrogens with one attached hydrogen (secondary N) is 3. The van der Waals surface area contributed by atoms with E-state index in [4.69, 9.17) is 29.4 Å². The van der Waals surface area contributed by atoms with Crippen molar-refractivity contribution < 1.29 is 88.8 Å². The van der Waals surface area contributed by atoms with Crippen LogP contribution in [-0.2, 0) is 42.9 Å². The first-order valence-electron chi connectivity index (χ1n) is 23.3. The zero-order valence-corrected chi connectivity index (χ0v) is 38.1. The highest BCUT2D eigenvalue weighted by Crippen LogP contribution is 2.35. The van der Waals surface area contributed by atoms with Crippen LogP contribution in [0.3, 0.4) is 0 Å². The Kier molecular flexibility index (Phi) is 24.9. The Balaban J connectivity index is 1.60. The Morgan fingerprint density at radius 1 is 0.708 bits per heavy atom. The van der Waals surface area contributed by atoms with Crippen LogP contribution in [0.4, 0.5) is 0 Å². The number of carbonyl (C=O) groups is 4. The minimum Gasteiger partial charge on any atom is -0.394 e. The van der Waals surface area contributed by atoms with Crippen LogP contribution in [0.15, 0.2) is 0 Å². The highest BCUT2D eigenvalue weighted by molar-refractivity contribution is 5.82. The van der Waals surface area contributed by atoms with E-state index in [0.717, 1.165) is 39.5 Å². The Morgan fingerprint density at radius 3 is 1.75 bits per heavy atom. The van der Waals surface area contributed by atoms with Gasteiger partial charge in [0.15, 0.2) is 12.5 Å². The monoisotopic (exact) mass is 939 g/mol. The van der Waals surface area contributed by atoms with Gasteiger partial charge in [-0.3, -0.25) is 19.2 Å². The molecule has 65 heavy (non-hydrogen) atoms. The molecule has 3 aliphatic heterocycles. The van der Waals surface area contributed by atoms with Gasteiger partial charge in [0.05, 0.1) is 32.0 Å². The molecule has 3 fully saturated rings. The maximum atomic E-state index is 13.0. The van der Waals surface area contributed by atoms with E-state index in [1.54, 1.807) is 0 Å². The zero-order chi connectivity index (χ0) is 48.3. The smallest absolute Gasteiger partial charge is 0.277 e. The molecule has 22 heteroatoms. The molecule has 3 heterocycles. The predicted molar refractivity (Wildman–Crippen MR) is 229 cm³/mol. The molecular weight excluding hydrogens is 860 g/mol. The highest BCUT2D eigenvalue weighted by Gasteiger charge is 2.56. The summed E-state index contributed by atoms with van der Waals surface area (Å²) in [5.41, 5.74) is 5.62. The second-order valence-corrected chi connectivity index (χ2v) is 17.6. The number of amides is 4. The number of aliphatic hydroxyl groups excluding tert-OH is 9. The minimum atomic E-state index is -2.64. The Labute approximate surface area is 380 Å². The van der Waals surface area contributed by atoms with Gasteiger partial charge in [0.25, 0.3) is 11.7 Å². The van der Waals surface area contributed by atoms with Crippen LogP contribution in [0.5, 0.6) is 0 Å². The fourth-order valence-corrected chi connectivity index (χ4v) is 8.52. The lowest BCUT2D eigenvalue weighted by molar-refractivity contribution is -0.351. The fourth-order valence-electron chi connectivity index (χ4n) is 8.52. The van der Waals surface area contributed by atoms with E-state index >= 15 is 0 Å². The van der Waals surface area contributed by atoms with E-state index in [1.165, 1.54) is 64.2 Å². The van der Waals surface area contributed by atoms with Crippen molar-refractivity contribution in [1.29, 1.82) is 0 Å². The third kappa shape index (κ3) is 17.1. The zero-order valence-electron chi connectivity index (χ0n) is 38.1. The molecule has 3 aliphatic rings. The number of nitrogens with two attached hydrogens (primary N) is 1. The van der Waals surface area contributed by atoms with Gasteiger partial charge in [0, 0.05) is 26.7 Å². The van der Waals surface area contributed by atoms with Crippen molar-refractivity contribution in [3.63, 3.8) is 0 Å². The first-order chi connectivity index (χ1) is 30.9. The van der Waals surface area contributed by atoms with Crippen molar-refractivity contribution >= 4 is 23.6 Å². The molecule has 0 spiro atoms. The summed E-state index contributed by atoms with van der Waals surface area (Å²) in [5.74, 6) is -5.74. The van der Waals surface area contributed by atoms with Gasteiger partial charge in [0.2, 0.25) is 17.7 Å². The second kappa shape index (κ2) is 28.6. The lowest BCUT2D eigenvalue weighted by atomic mass is 9.88. The van der Waals surface area contributed by atoms with Gasteiger partial charge in [-0.05, 0) is 6.42 Å². The molecule has 22 nitrogen and oxygen atoms in total. The average Bonchev–Trinajstić information content (AvgIpc) is 3.26. The summed E-state index contributed by atoms with van der Waals surface area (Å²) in [4.78, 5) is 50.1. The van der Waals surface area contributed by atoms with Gasteiger partial charge < -0.3 is 91.3 Å². The third-order valence-electron chi connectivity index (χ3n) is 12.3. The first-order valence-corrected chi connectivity index (χ1v) is 23.3. The van der Waals surface area contributed by atoms with Crippen molar-refractivity contribution in [1.82, 2.24) is 16.0 Å². The SMILES string of the molecule is CCCCCCCCCCCCCCCCCC(=O)N[C@@H]1O[C@H](CO)[C@@H](O[C@@H]2O[C@H](CO[C@]3(C(N)=O)C[C@H](O)[C@@H](NC(C)=O)[C@H]([C@H](O)[C@H](O)CO)O3)[C@H](O)[C@H](O)[C@H]2O)[C@H](O)[C@H]1NC(C)=O. The first kappa shape index (κ1) is 56.6. The van der Waals surface area contributed by atoms with Crippen molar-refractivity contribution in [3.05, 3.63) is 0 Å². The molecule has 0 bridgehead atoms. The molecular formula is C43H78N4O18. The molecule has 0 aromatic heterocycles. The second-order valence-electron chi connectivity index (χ2n) is 17.6. The molecule has 0 aliphatic carbocycles. The van der Waals surface area contributed by atoms with Gasteiger partial charge in [-0.2, -0.15) is 0 Å². The average molecular weight is 939 g/mol. The standard InChI is InChI=1S/C43H78N4O18/c1-4-5-6-7-8-9-10-11-12-13-14-15-16-17-18-19-30(54)47-40-32(46-25(3)51)35(57)38(28(22-49)62-40)64-41-37(59)36(58)34(56)29(63-41)23-61-43(42(44)60)20-26(52)31(45-24(2)50)39(65-43)33(55)27(53)21-48/h26-29,31-41,48-49,52-53,55-59H,4-23H2,1-3H3,(H2,44,60)(H,45,50)(H,46,51)(H,47,54)/t26-,27+,28+,29+,31+,32+,33+,34-,35+,36-,37+,38+,39+,40+,41-,43+/m0/s1. The van der Waals surface area contributed by atoms with Crippen LogP contribution in [0, 0.1) is 0 Å². The van der Waals surface area contributed by atoms with Crippen LogP contribution in [0.1, 0.15) is 130 Å². The van der Waals surface area contributed by atoms with Crippen LogP contribution >= 0.6 is 0 Å². The number of hydrogen-bond donors (Lipinski definition) is 13. The number of ether oxygens (including phenoxy) is 5. The predicted octanol–water partition coefficient (Wildman–Crippen LogP) is -2.29. The Bertz CT molecular complexity index is 1440. The molecule has 0 aromatic rings. The summed E-state index contributed by atoms with van der Waals surface area (Å²) >= 11 is 0. The van der Waals surface area contributed by atoms with E-state index in [1.807, 2.05) is 0 Å². The molecule has 14 N–H and O–H groups in total. The summed E-state index contributed by atoms with van der Waals surface area (Å²) in [5, 5.41) is 103. The number of rotatable bonds is 29. The van der Waals surface area contributed by atoms with Crippen LogP contribution in [0.25, 0.3) is 0 Å². The van der Waals surface area contributed by atoms with Gasteiger partial charge in [0.1, 0.15) is 67.1 Å². The molecule has 4 amide bonds. The van der Waals surface area contributed by atoms with Crippen LogP contribution < -0.4 is 21.7 Å². The lowest BCUT2D eigenvalue weighted by Gasteiger charge is -2.49. The normalized spacial score (nSPS) is 33.8. The number of aliphatic hydroxyl groups is 9. The molecule has 0 radical (unpaired) electrons. The number of primary amides is 1. The molecule has 378 valence electrons. The van der Waals surface area contributed by atoms with Gasteiger partial charge in [-0.15, -0.1) is 0 Å². The number of unbranched alkanes of at least 4 members (excludes halogenated alkanes) is 14. The third-order valence-corrected chi connectivity index (χ3v) is 12.3. The summed E-state index contributed by atoms with van der Waals surface area (Å²) in [6, 6.07) is -2.79. The van der Waals surface area contributed by atoms with Crippen LogP contribution in [-0.4, -0.2) is 187 Å². The largest absolute Gasteiger partial charge is 0.394 e. The van der Waals surface area contributed by atoms with E-state index in [9.17, 15) is 65.1 Å². The lowest BCUT2D eigenvalue weighted by Crippen LogP contribution is -2.70. The Hall–Kier alpha value is -2.68. The van der Waals surface area contributed by atoms with Gasteiger partial charge in [-0.1, -0.05) is 96.8 Å². The van der Waals surface area contributed by atoms with Crippen molar-refractivity contribution in [3.8, 4) is 0 Å². The summed E-state index contributed by atoms with van der Waals surface area (Å²) < 4.78 is 28.9. The van der Waals surface area contributed by atoms with E-state index in [-0.39, 0.29) is 6.42 Å². The van der Waals surface area contributed by atoms with Gasteiger partial charge in [-0.25, -0.2) is 0 Å². The van der Waals surface area contributed by atoms with Crippen LogP contribution in [0.2, 0.25) is 0 Å². The Morgan fingerprint density at radius 2 is 1.25 bits per heavy atom. The molecule has 0 aromatic carbocycles. The molecule has 3 rings (SSSR count). The quantitative estimate of drug-likeness (QED) is 0.0351. The maximum absolute atomic E-state index is 13.0. The molecule has 0 unspecified atom stereocenters. The minimum absolute atomic E-state index is 0.138. The maximum Gasteiger partial charge on any atom is 0.277 e. The van der Waals surface area contributed by atoms with E-state index < -0.39 is 147 Å². The molecule has 0 saturated carbocycles. The van der Waals surface area contributed by atoms with Crippen molar-refractivity contribution in [2.75, 3.05) is 19.8 Å². The number of carbonyl (C=O) groups excluding carboxylic acids is 4.